The molecule has 1 fully saturated rings. The fraction of sp³-hybridized carbons (Fsp3) is 0.286. The van der Waals surface area contributed by atoms with E-state index in [1.54, 1.807) is 6.20 Å². The molecule has 0 bridgehead atoms. The molecule has 8 nitrogen and oxygen atoms in total. The van der Waals surface area contributed by atoms with Gasteiger partial charge in [0.15, 0.2) is 0 Å². The molecule has 5 N–H and O–H groups in total. The van der Waals surface area contributed by atoms with E-state index in [4.69, 9.17) is 5.73 Å². The standard InChI is InChI=1S/C21H24N6O2/c22-19(28)17-12-24-20-16(8-9-23-20)18(17)26-15-7-4-10-27(13-15)21(29)25-11-14-5-2-1-3-6-14/h1-3,5-6,8-9,12,15H,4,7,10-11,13H2,(H2,22,28)(H,25,29)(H2,23,24,26). The van der Waals surface area contributed by atoms with Gasteiger partial charge < -0.3 is 26.3 Å². The highest BCUT2D eigenvalue weighted by atomic mass is 16.2. The molecule has 1 aromatic carbocycles. The number of nitrogens with two attached hydrogens (primary N) is 1. The van der Waals surface area contributed by atoms with Crippen LogP contribution in [0, 0.1) is 0 Å². The average Bonchev–Trinajstić information content (AvgIpc) is 3.22. The van der Waals surface area contributed by atoms with Crippen molar-refractivity contribution in [1.82, 2.24) is 20.2 Å². The van der Waals surface area contributed by atoms with E-state index in [2.05, 4.69) is 20.6 Å². The first-order valence-electron chi connectivity index (χ1n) is 9.71. The van der Waals surface area contributed by atoms with E-state index in [1.165, 1.54) is 6.20 Å². The lowest BCUT2D eigenvalue weighted by Gasteiger charge is -2.34. The Balaban J connectivity index is 1.44. The maximum absolute atomic E-state index is 12.6. The Labute approximate surface area is 168 Å². The maximum Gasteiger partial charge on any atom is 0.317 e. The van der Waals surface area contributed by atoms with Gasteiger partial charge in [-0.3, -0.25) is 4.79 Å². The van der Waals surface area contributed by atoms with E-state index >= 15 is 0 Å². The third kappa shape index (κ3) is 4.16. The van der Waals surface area contributed by atoms with Crippen LogP contribution in [0.1, 0.15) is 28.8 Å². The summed E-state index contributed by atoms with van der Waals surface area (Å²) in [6.07, 6.45) is 5.03. The number of piperidine rings is 1. The summed E-state index contributed by atoms with van der Waals surface area (Å²) in [7, 11) is 0. The number of nitrogens with one attached hydrogen (secondary N) is 3. The number of nitrogens with zero attached hydrogens (tertiary/aromatic N) is 2. The van der Waals surface area contributed by atoms with Gasteiger partial charge in [-0.05, 0) is 24.5 Å². The fourth-order valence-corrected chi connectivity index (χ4v) is 3.72. The number of H-pyrrole nitrogens is 1. The number of primary amides is 1. The van der Waals surface area contributed by atoms with E-state index < -0.39 is 5.91 Å². The number of carbonyl (C=O) groups is 2. The largest absolute Gasteiger partial charge is 0.379 e. The Morgan fingerprint density at radius 3 is 2.86 bits per heavy atom. The van der Waals surface area contributed by atoms with Crippen molar-refractivity contribution in [1.29, 1.82) is 0 Å². The van der Waals surface area contributed by atoms with E-state index in [0.29, 0.717) is 36.5 Å². The molecule has 150 valence electrons. The molecular formula is C21H24N6O2. The van der Waals surface area contributed by atoms with Gasteiger partial charge in [-0.1, -0.05) is 30.3 Å². The number of likely N-dealkylation sites (tertiary alicyclic amines) is 1. The van der Waals surface area contributed by atoms with Crippen LogP contribution in [0.5, 0.6) is 0 Å². The first kappa shape index (κ1) is 18.8. The van der Waals surface area contributed by atoms with Crippen molar-refractivity contribution in [2.45, 2.75) is 25.4 Å². The highest BCUT2D eigenvalue weighted by Crippen LogP contribution is 2.27. The highest BCUT2D eigenvalue weighted by Gasteiger charge is 2.25. The van der Waals surface area contributed by atoms with Gasteiger partial charge in [-0.25, -0.2) is 9.78 Å². The molecule has 1 aliphatic heterocycles. The third-order valence-electron chi connectivity index (χ3n) is 5.20. The molecule has 3 aromatic rings. The van der Waals surface area contributed by atoms with E-state index in [1.807, 2.05) is 41.3 Å². The minimum absolute atomic E-state index is 0.0184. The van der Waals surface area contributed by atoms with Crippen LogP contribution in [-0.2, 0) is 6.54 Å². The first-order chi connectivity index (χ1) is 14.1. The van der Waals surface area contributed by atoms with Crippen LogP contribution in [0.2, 0.25) is 0 Å². The number of rotatable bonds is 5. The molecule has 29 heavy (non-hydrogen) atoms. The topological polar surface area (TPSA) is 116 Å². The summed E-state index contributed by atoms with van der Waals surface area (Å²) in [5.74, 6) is -0.531. The molecule has 0 radical (unpaired) electrons. The number of aromatic nitrogens is 2. The summed E-state index contributed by atoms with van der Waals surface area (Å²) in [6.45, 7) is 1.75. The molecule has 1 aliphatic rings. The molecule has 1 unspecified atom stereocenters. The zero-order valence-electron chi connectivity index (χ0n) is 16.0. The molecule has 3 heterocycles. The number of urea groups is 1. The summed E-state index contributed by atoms with van der Waals surface area (Å²) in [6, 6.07) is 11.6. The second-order valence-corrected chi connectivity index (χ2v) is 7.22. The molecule has 0 saturated carbocycles. The quantitative estimate of drug-likeness (QED) is 0.534. The second-order valence-electron chi connectivity index (χ2n) is 7.22. The van der Waals surface area contributed by atoms with E-state index in [-0.39, 0.29) is 12.1 Å². The van der Waals surface area contributed by atoms with Gasteiger partial charge in [-0.15, -0.1) is 0 Å². The average molecular weight is 392 g/mol. The van der Waals surface area contributed by atoms with E-state index in [9.17, 15) is 9.59 Å². The minimum Gasteiger partial charge on any atom is -0.379 e. The Bertz CT molecular complexity index is 1020. The van der Waals surface area contributed by atoms with Gasteiger partial charge in [0.05, 0.1) is 11.3 Å². The van der Waals surface area contributed by atoms with Crippen LogP contribution in [-0.4, -0.2) is 45.9 Å². The summed E-state index contributed by atoms with van der Waals surface area (Å²) < 4.78 is 0. The smallest absolute Gasteiger partial charge is 0.317 e. The minimum atomic E-state index is -0.531. The number of fused-ring (bicyclic) bond motifs is 1. The summed E-state index contributed by atoms with van der Waals surface area (Å²) >= 11 is 0. The fourth-order valence-electron chi connectivity index (χ4n) is 3.72. The number of amides is 3. The predicted molar refractivity (Wildman–Crippen MR) is 112 cm³/mol. The Morgan fingerprint density at radius 1 is 1.24 bits per heavy atom. The van der Waals surface area contributed by atoms with Gasteiger partial charge in [0.1, 0.15) is 5.65 Å². The molecule has 1 saturated heterocycles. The Hall–Kier alpha value is -3.55. The van der Waals surface area contributed by atoms with Crippen molar-refractivity contribution in [3.63, 3.8) is 0 Å². The molecule has 3 amide bonds. The first-order valence-corrected chi connectivity index (χ1v) is 9.71. The highest BCUT2D eigenvalue weighted by molar-refractivity contribution is 6.06. The maximum atomic E-state index is 12.6. The Morgan fingerprint density at radius 2 is 2.07 bits per heavy atom. The lowest BCUT2D eigenvalue weighted by molar-refractivity contribution is 0.100. The lowest BCUT2D eigenvalue weighted by Crippen LogP contribution is -2.49. The van der Waals surface area contributed by atoms with Crippen molar-refractivity contribution < 1.29 is 9.59 Å². The van der Waals surface area contributed by atoms with Crippen LogP contribution in [0.3, 0.4) is 0 Å². The Kier molecular flexibility index (Phi) is 5.33. The van der Waals surface area contributed by atoms with Crippen LogP contribution in [0.4, 0.5) is 10.5 Å². The SMILES string of the molecule is NC(=O)c1cnc2[nH]ccc2c1NC1CCCN(C(=O)NCc2ccccc2)C1. The molecule has 2 aromatic heterocycles. The van der Waals surface area contributed by atoms with Crippen LogP contribution >= 0.6 is 0 Å². The number of anilines is 1. The molecule has 8 heteroatoms. The second kappa shape index (κ2) is 8.22. The summed E-state index contributed by atoms with van der Waals surface area (Å²) in [5, 5.41) is 7.23. The zero-order valence-corrected chi connectivity index (χ0v) is 16.0. The van der Waals surface area contributed by atoms with Crippen molar-refractivity contribution in [2.75, 3.05) is 18.4 Å². The molecule has 0 aliphatic carbocycles. The van der Waals surface area contributed by atoms with Gasteiger partial charge in [0, 0.05) is 43.5 Å². The number of hydrogen-bond donors (Lipinski definition) is 4. The van der Waals surface area contributed by atoms with Crippen LogP contribution in [0.25, 0.3) is 11.0 Å². The van der Waals surface area contributed by atoms with Gasteiger partial charge in [0.25, 0.3) is 5.91 Å². The number of aromatic amines is 1. The van der Waals surface area contributed by atoms with Crippen molar-refractivity contribution in [3.8, 4) is 0 Å². The van der Waals surface area contributed by atoms with Crippen LogP contribution in [0.15, 0.2) is 48.8 Å². The van der Waals surface area contributed by atoms with E-state index in [0.717, 1.165) is 23.8 Å². The van der Waals surface area contributed by atoms with Gasteiger partial charge in [-0.2, -0.15) is 0 Å². The number of hydrogen-bond acceptors (Lipinski definition) is 4. The monoisotopic (exact) mass is 392 g/mol. The predicted octanol–water partition coefficient (Wildman–Crippen LogP) is 2.45. The van der Waals surface area contributed by atoms with Gasteiger partial charge >= 0.3 is 6.03 Å². The number of pyridine rings is 1. The van der Waals surface area contributed by atoms with Crippen molar-refractivity contribution in [3.05, 3.63) is 59.9 Å². The summed E-state index contributed by atoms with van der Waals surface area (Å²) in [5.41, 5.74) is 8.31. The summed E-state index contributed by atoms with van der Waals surface area (Å²) in [4.78, 5) is 33.6. The number of carbonyl (C=O) groups excluding carboxylic acids is 2. The molecule has 0 spiro atoms. The number of benzene rings is 1. The normalized spacial score (nSPS) is 16.6. The van der Waals surface area contributed by atoms with Crippen molar-refractivity contribution >= 4 is 28.7 Å². The van der Waals surface area contributed by atoms with Crippen molar-refractivity contribution in [2.24, 2.45) is 5.73 Å². The molecule has 4 rings (SSSR count). The van der Waals surface area contributed by atoms with Gasteiger partial charge in [0.2, 0.25) is 0 Å². The molecular weight excluding hydrogens is 368 g/mol. The lowest BCUT2D eigenvalue weighted by atomic mass is 10.0. The van der Waals surface area contributed by atoms with Crippen LogP contribution < -0.4 is 16.4 Å². The third-order valence-corrected chi connectivity index (χ3v) is 5.20. The zero-order chi connectivity index (χ0) is 20.2. The molecule has 1 atom stereocenters.